The Balaban J connectivity index is 0.000000253. The molecule has 0 saturated carbocycles. The Bertz CT molecular complexity index is 6390. The van der Waals surface area contributed by atoms with Crippen LogP contribution in [-0.2, 0) is 9.47 Å². The maximum Gasteiger partial charge on any atom is 0.447 e. The number of H-pyrrole nitrogens is 1. The van der Waals surface area contributed by atoms with Crippen molar-refractivity contribution in [2.75, 3.05) is 39.4 Å². The summed E-state index contributed by atoms with van der Waals surface area (Å²) < 4.78 is 115. The first-order chi connectivity index (χ1) is 63.6. The minimum absolute atomic E-state index is 0. The van der Waals surface area contributed by atoms with E-state index in [4.69, 9.17) is 83.0 Å². The standard InChI is InChI=1S/C34H33ClF2N4O4.C29H25ClF2N4O2.C20H20ClN3O4.C14H17F2NO2.CH4.I3.I2.HI/c1-33(2,3)45-32(43)41-31(42)44-30(39-41)22-9-7-8-21(14-22)29(20-10-12-25(35)13-11-20)40-18-24(19-40)28(34(4,5)37)23-15-26(36)17-27(16-23)38-6;1-29(2,32)25(20-12-23(31)14-24(13-20)33-3)21-15-36(16-21)26(17-7-9-22(30)10-8-17)18-5-4-6-19(11-18)27-34-35-28(37)38-27;1-20(2,3)28-19(26)24-18(25)27-17(23-24)14-6-4-5-13(11-14)16(22)12-7-9-15(21)10-8-12;1-14(2,16)13(10(7-18)8-19)9-4-11(15)6-12(5-9)17-3;;1-3-2;1-2;/h7-17,24,28-29H,18-19H2,1-5H3;4-14,21,25-26H,15-16H2,1-2H3,(H,35,37);4-11,16H,22H2,1-3H3;4-6,10,13,18-19H,7-8H2,1-2H3;1H4;;;1H/q;;;;;-1;;/t28-,29+;25-,26+;16-;13-;;;;/m1101..../s1. The normalized spacial score (nSPS) is 14.2. The first kappa shape index (κ1) is 116. The second-order valence-corrected chi connectivity index (χ2v) is 52.7. The van der Waals surface area contributed by atoms with Crippen molar-refractivity contribution in [3.05, 3.63) is 349 Å². The summed E-state index contributed by atoms with van der Waals surface area (Å²) in [6.07, 6.45) is -1.85. The average molecular weight is 2620 g/mol. The Labute approximate surface area is 875 Å². The van der Waals surface area contributed by atoms with E-state index in [1.54, 1.807) is 114 Å². The van der Waals surface area contributed by atoms with Crippen molar-refractivity contribution < 1.29 is 82.1 Å². The van der Waals surface area contributed by atoms with Crippen LogP contribution in [0.1, 0.15) is 176 Å². The first-order valence-electron chi connectivity index (χ1n) is 41.5. The van der Waals surface area contributed by atoms with Gasteiger partial charge in [0, 0.05) is 132 Å². The van der Waals surface area contributed by atoms with Gasteiger partial charge in [0.05, 0.1) is 37.8 Å². The van der Waals surface area contributed by atoms with Crippen LogP contribution in [0.3, 0.4) is 0 Å². The fraction of sp³-hybridized carbons (Fsp3) is 0.337. The van der Waals surface area contributed by atoms with Crippen molar-refractivity contribution in [3.8, 4) is 34.4 Å². The zero-order valence-corrected chi connectivity index (χ0v) is 90.6. The zero-order chi connectivity index (χ0) is 99.5. The number of nitrogens with zero attached hydrogens (tertiary/aromatic N) is 10. The fourth-order valence-electron chi connectivity index (χ4n) is 16.3. The van der Waals surface area contributed by atoms with Crippen molar-refractivity contribution in [3.63, 3.8) is 0 Å². The van der Waals surface area contributed by atoms with E-state index >= 15 is 8.78 Å². The number of halogens is 15. The minimum Gasteiger partial charge on any atom is -0.442 e. The van der Waals surface area contributed by atoms with Gasteiger partial charge >= 0.3 is 79.9 Å². The summed E-state index contributed by atoms with van der Waals surface area (Å²) in [4.78, 5) is 74.8. The van der Waals surface area contributed by atoms with Crippen LogP contribution < -0.4 is 36.3 Å². The molecule has 9 aromatic carbocycles. The van der Waals surface area contributed by atoms with Gasteiger partial charge in [-0.15, -0.1) is 39.3 Å². The van der Waals surface area contributed by atoms with Crippen LogP contribution in [0.2, 0.25) is 15.1 Å². The Morgan fingerprint density at radius 1 is 0.489 bits per heavy atom. The molecule has 0 spiro atoms. The largest absolute Gasteiger partial charge is 0.447 e. The molecular weight excluding hydrogens is 2520 g/mol. The molecule has 0 radical (unpaired) electrons. The number of nitrogens with one attached hydrogen (secondary N) is 1. The molecule has 2 aliphatic rings. The van der Waals surface area contributed by atoms with Crippen LogP contribution in [0.4, 0.5) is 53.0 Å². The van der Waals surface area contributed by atoms with E-state index in [9.17, 15) is 51.7 Å². The number of hydrogen-bond acceptors (Lipinski definition) is 18. The van der Waals surface area contributed by atoms with E-state index in [1.165, 1.54) is 59.7 Å². The number of aliphatic hydroxyl groups is 2. The summed E-state index contributed by atoms with van der Waals surface area (Å²) in [7, 11) is 0. The number of nitrogens with two attached hydrogens (primary N) is 1. The van der Waals surface area contributed by atoms with Gasteiger partial charge in [0.15, 0.2) is 17.1 Å². The van der Waals surface area contributed by atoms with Crippen LogP contribution >= 0.6 is 133 Å². The van der Waals surface area contributed by atoms with Crippen molar-refractivity contribution >= 4 is 162 Å². The topological polar surface area (TPSA) is 294 Å². The molecule has 14 rings (SSSR count). The number of aromatic amines is 1. The van der Waals surface area contributed by atoms with Gasteiger partial charge in [-0.25, -0.2) is 69.9 Å². The van der Waals surface area contributed by atoms with Gasteiger partial charge in [-0.3, -0.25) is 9.80 Å². The molecule has 3 aromatic heterocycles. The third-order valence-electron chi connectivity index (χ3n) is 21.5. The predicted molar refractivity (Wildman–Crippen MR) is 560 cm³/mol. The fourth-order valence-corrected chi connectivity index (χ4v) is 16.7. The van der Waals surface area contributed by atoms with E-state index in [0.717, 1.165) is 57.6 Å². The number of carbonyl (C=O) groups is 2. The molecule has 6 atom stereocenters. The number of ether oxygens (including phenoxy) is 2. The van der Waals surface area contributed by atoms with Crippen LogP contribution in [0, 0.1) is 54.9 Å². The van der Waals surface area contributed by atoms with E-state index in [2.05, 4.69) is 119 Å². The summed E-state index contributed by atoms with van der Waals surface area (Å²) in [6.45, 7) is 41.4. The third kappa shape index (κ3) is 32.2. The number of rotatable bonds is 22. The number of carbonyl (C=O) groups excluding carboxylic acids is 2. The molecule has 24 nitrogen and oxygen atoms in total. The molecule has 0 amide bonds. The van der Waals surface area contributed by atoms with Crippen molar-refractivity contribution in [1.29, 1.82) is 0 Å². The molecular formula is C98H100Cl3F6I6N12O12-. The van der Waals surface area contributed by atoms with Crippen molar-refractivity contribution in [2.45, 2.75) is 155 Å². The maximum atomic E-state index is 15.7. The molecule has 5 heterocycles. The van der Waals surface area contributed by atoms with Crippen molar-refractivity contribution in [2.24, 2.45) is 23.5 Å². The van der Waals surface area contributed by atoms with Gasteiger partial charge in [0.2, 0.25) is 17.7 Å². The summed E-state index contributed by atoms with van der Waals surface area (Å²) >= 11 is 27.8. The van der Waals surface area contributed by atoms with E-state index < -0.39 is 118 Å². The van der Waals surface area contributed by atoms with E-state index in [-0.39, 0.29) is 95.6 Å². The second kappa shape index (κ2) is 51.5. The number of likely N-dealkylation sites (tertiary alicyclic amines) is 2. The van der Waals surface area contributed by atoms with E-state index in [0.29, 0.717) is 91.7 Å². The first-order valence-corrected chi connectivity index (χ1v) is 61.5. The Kier molecular flexibility index (Phi) is 43.5. The number of aromatic nitrogens is 6. The smallest absolute Gasteiger partial charge is 0.442 e. The molecule has 2 fully saturated rings. The van der Waals surface area contributed by atoms with Gasteiger partial charge in [-0.2, -0.15) is 0 Å². The number of aliphatic hydroxyl groups excluding tert-OH is 2. The van der Waals surface area contributed by atoms with Crippen LogP contribution in [-0.4, -0.2) is 130 Å². The summed E-state index contributed by atoms with van der Waals surface area (Å²) in [5.41, 5.74) is 8.23. The van der Waals surface area contributed by atoms with Gasteiger partial charge < -0.3 is 38.7 Å². The Morgan fingerprint density at radius 3 is 1.12 bits per heavy atom. The van der Waals surface area contributed by atoms with Crippen LogP contribution in [0.5, 0.6) is 0 Å². The molecule has 0 unspecified atom stereocenters. The van der Waals surface area contributed by atoms with Gasteiger partial charge in [0.1, 0.15) is 45.7 Å². The van der Waals surface area contributed by atoms with E-state index in [1.807, 2.05) is 84.9 Å². The molecule has 5 N–H and O–H groups in total. The van der Waals surface area contributed by atoms with Gasteiger partial charge in [-0.05, 0) is 254 Å². The average Bonchev–Trinajstić information content (AvgIpc) is 1.47. The second-order valence-electron chi connectivity index (χ2n) is 35.2. The number of alkyl halides is 3. The van der Waals surface area contributed by atoms with Gasteiger partial charge in [-0.1, -0.05) is 143 Å². The summed E-state index contributed by atoms with van der Waals surface area (Å²) in [5.74, 6) is -7.27. The predicted octanol–water partition coefficient (Wildman–Crippen LogP) is 23.7. The summed E-state index contributed by atoms with van der Waals surface area (Å²) in [5, 5.41) is 34.5. The van der Waals surface area contributed by atoms with Crippen LogP contribution in [0.25, 0.3) is 48.9 Å². The monoisotopic (exact) mass is 2620 g/mol. The van der Waals surface area contributed by atoms with Crippen molar-refractivity contribution in [1.82, 2.24) is 39.6 Å². The maximum absolute atomic E-state index is 15.7. The quantitative estimate of drug-likeness (QED) is 0.0278. The van der Waals surface area contributed by atoms with Gasteiger partial charge in [0.25, 0.3) is 0 Å². The van der Waals surface area contributed by atoms with Crippen LogP contribution in [0.15, 0.2) is 228 Å². The summed E-state index contributed by atoms with van der Waals surface area (Å²) in [6, 6.07) is 54.9. The molecule has 0 bridgehead atoms. The minimum atomic E-state index is -1.76. The molecule has 2 aliphatic heterocycles. The molecule has 12 aromatic rings. The molecule has 0 aliphatic carbocycles. The molecule has 730 valence electrons. The number of hydrogen-bond donors (Lipinski definition) is 4. The molecule has 137 heavy (non-hydrogen) atoms. The third-order valence-corrected chi connectivity index (χ3v) is 22.3. The molecule has 39 heteroatoms. The zero-order valence-electron chi connectivity index (χ0n) is 75.2. The Morgan fingerprint density at radius 2 is 0.810 bits per heavy atom. The SMILES string of the molecule is C.CC(C)(C)OC(=O)n1nc(-c2cccc([C@@H](N)c3ccc(Cl)cc3)c2)oc1=O.I.II.I[I-]I.[C-]#[N+]c1cc(F)cc([C@H](C(CO)CO)C(C)(C)F)c1.[C-]#[N+]c1cc(F)cc([C@H](C2CN([C@@H](c3ccc(Cl)cc3)c3cccc(-c4n[nH]c(=O)o4)c3)C2)C(C)(C)F)c1.[C-]#[N+]c1cc(F)cc([C@H](C2CN([C@@H](c3ccc(Cl)cc3)c3cccc(-c4nn(C(=O)OC(C)(C)C)c(=O)o4)c3)C2)C(C)(C)F)c1. The Hall–Kier alpha value is -8.16. The number of benzene rings is 9. The molecule has 2 saturated heterocycles.